The van der Waals surface area contributed by atoms with E-state index < -0.39 is 12.0 Å². The molecule has 2 aromatic heterocycles. The first kappa shape index (κ1) is 13.5. The van der Waals surface area contributed by atoms with Crippen LogP contribution in [0.2, 0.25) is 0 Å². The van der Waals surface area contributed by atoms with Gasteiger partial charge in [-0.1, -0.05) is 30.3 Å². The Morgan fingerprint density at radius 2 is 2.05 bits per heavy atom. The summed E-state index contributed by atoms with van der Waals surface area (Å²) in [6.45, 7) is 1.40. The molecule has 6 heteroatoms. The monoisotopic (exact) mass is 299 g/mol. The molecule has 0 aliphatic heterocycles. The van der Waals surface area contributed by atoms with Crippen molar-refractivity contribution in [1.29, 1.82) is 0 Å². The minimum Gasteiger partial charge on any atom is -0.548 e. The first-order chi connectivity index (χ1) is 10.1. The first-order valence-corrected chi connectivity index (χ1v) is 7.16. The number of nitrogens with zero attached hydrogens (tertiary/aromatic N) is 2. The Morgan fingerprint density at radius 3 is 2.71 bits per heavy atom. The number of aliphatic carboxylic acids is 1. The average Bonchev–Trinajstić information content (AvgIpc) is 2.93. The van der Waals surface area contributed by atoms with E-state index in [0.29, 0.717) is 10.2 Å². The van der Waals surface area contributed by atoms with Crippen molar-refractivity contribution in [3.8, 4) is 10.4 Å². The zero-order chi connectivity index (χ0) is 15.0. The van der Waals surface area contributed by atoms with Crippen LogP contribution < -0.4 is 10.7 Å². The largest absolute Gasteiger partial charge is 0.548 e. The van der Waals surface area contributed by atoms with Crippen LogP contribution in [0.3, 0.4) is 0 Å². The molecule has 0 aliphatic rings. The molecular weight excluding hydrogens is 288 g/mol. The van der Waals surface area contributed by atoms with E-state index >= 15 is 0 Å². The number of carboxylic acid groups (broad SMARTS) is 1. The number of thiophene rings is 1. The Hall–Kier alpha value is -2.47. The molecule has 3 aromatic rings. The SMILES string of the molecule is C[C@H](C(=O)[O-])n1cnc2sc(-c3ccccc3)cc2c1=O. The maximum absolute atomic E-state index is 12.4. The van der Waals surface area contributed by atoms with E-state index in [0.717, 1.165) is 15.0 Å². The van der Waals surface area contributed by atoms with E-state index in [4.69, 9.17) is 0 Å². The minimum absolute atomic E-state index is 0.366. The molecule has 0 amide bonds. The second kappa shape index (κ2) is 5.14. The number of hydrogen-bond donors (Lipinski definition) is 0. The van der Waals surface area contributed by atoms with Gasteiger partial charge >= 0.3 is 0 Å². The molecule has 106 valence electrons. The molecule has 2 heterocycles. The number of aromatic nitrogens is 2. The number of hydrogen-bond acceptors (Lipinski definition) is 5. The van der Waals surface area contributed by atoms with E-state index in [1.807, 2.05) is 30.3 Å². The average molecular weight is 299 g/mol. The number of fused-ring (bicyclic) bond motifs is 1. The predicted molar refractivity (Wildman–Crippen MR) is 79.0 cm³/mol. The molecule has 0 spiro atoms. The third-order valence-electron chi connectivity index (χ3n) is 3.29. The molecule has 0 saturated heterocycles. The van der Waals surface area contributed by atoms with Gasteiger partial charge in [-0.15, -0.1) is 11.3 Å². The van der Waals surface area contributed by atoms with Gasteiger partial charge in [-0.05, 0) is 18.6 Å². The van der Waals surface area contributed by atoms with Crippen LogP contribution in [0.25, 0.3) is 20.7 Å². The van der Waals surface area contributed by atoms with Gasteiger partial charge in [0.05, 0.1) is 23.7 Å². The van der Waals surface area contributed by atoms with Crippen LogP contribution in [0.1, 0.15) is 13.0 Å². The Balaban J connectivity index is 2.17. The zero-order valence-corrected chi connectivity index (χ0v) is 12.0. The van der Waals surface area contributed by atoms with Crippen LogP contribution in [0.15, 0.2) is 47.5 Å². The van der Waals surface area contributed by atoms with Gasteiger partial charge < -0.3 is 9.90 Å². The van der Waals surface area contributed by atoms with Crippen LogP contribution in [-0.2, 0) is 4.79 Å². The van der Waals surface area contributed by atoms with Crippen LogP contribution in [0, 0.1) is 0 Å². The molecule has 0 bridgehead atoms. The van der Waals surface area contributed by atoms with Gasteiger partial charge in [-0.3, -0.25) is 9.36 Å². The summed E-state index contributed by atoms with van der Waals surface area (Å²) >= 11 is 1.41. The third kappa shape index (κ3) is 2.34. The summed E-state index contributed by atoms with van der Waals surface area (Å²) in [6, 6.07) is 10.4. The quantitative estimate of drug-likeness (QED) is 0.733. The highest BCUT2D eigenvalue weighted by atomic mass is 32.1. The molecule has 0 unspecified atom stereocenters. The van der Waals surface area contributed by atoms with Crippen molar-refractivity contribution in [3.63, 3.8) is 0 Å². The highest BCUT2D eigenvalue weighted by molar-refractivity contribution is 7.21. The van der Waals surface area contributed by atoms with E-state index in [-0.39, 0.29) is 5.56 Å². The highest BCUT2D eigenvalue weighted by Crippen LogP contribution is 2.30. The summed E-state index contributed by atoms with van der Waals surface area (Å²) in [7, 11) is 0. The van der Waals surface area contributed by atoms with Crippen molar-refractivity contribution < 1.29 is 9.90 Å². The Kier molecular flexibility index (Phi) is 3.31. The van der Waals surface area contributed by atoms with E-state index in [9.17, 15) is 14.7 Å². The topological polar surface area (TPSA) is 75.0 Å². The van der Waals surface area contributed by atoms with E-state index in [1.54, 1.807) is 6.07 Å². The lowest BCUT2D eigenvalue weighted by Gasteiger charge is -2.14. The highest BCUT2D eigenvalue weighted by Gasteiger charge is 2.13. The predicted octanol–water partition coefficient (Wildman–Crippen LogP) is 1.44. The number of carbonyl (C=O) groups is 1. The molecule has 0 fully saturated rings. The molecule has 0 N–H and O–H groups in total. The molecule has 0 radical (unpaired) electrons. The van der Waals surface area contributed by atoms with E-state index in [1.165, 1.54) is 24.6 Å². The Labute approximate surface area is 124 Å². The normalized spacial score (nSPS) is 12.4. The third-order valence-corrected chi connectivity index (χ3v) is 4.39. The van der Waals surface area contributed by atoms with Gasteiger partial charge in [0.25, 0.3) is 5.56 Å². The van der Waals surface area contributed by atoms with Crippen LogP contribution in [-0.4, -0.2) is 15.5 Å². The fourth-order valence-corrected chi connectivity index (χ4v) is 3.07. The molecule has 0 saturated carbocycles. The number of carbonyl (C=O) groups excluding carboxylic acids is 1. The molecule has 0 aliphatic carbocycles. The van der Waals surface area contributed by atoms with E-state index in [2.05, 4.69) is 4.98 Å². The fraction of sp³-hybridized carbons (Fsp3) is 0.133. The van der Waals surface area contributed by atoms with Gasteiger partial charge in [0.2, 0.25) is 0 Å². The van der Waals surface area contributed by atoms with Crippen molar-refractivity contribution in [2.24, 2.45) is 0 Å². The summed E-state index contributed by atoms with van der Waals surface area (Å²) in [5.41, 5.74) is 0.634. The van der Waals surface area contributed by atoms with Crippen molar-refractivity contribution in [2.45, 2.75) is 13.0 Å². The summed E-state index contributed by atoms with van der Waals surface area (Å²) in [6.07, 6.45) is 1.26. The van der Waals surface area contributed by atoms with Gasteiger partial charge in [0.1, 0.15) is 4.83 Å². The molecule has 5 nitrogen and oxygen atoms in total. The lowest BCUT2D eigenvalue weighted by atomic mass is 10.2. The Morgan fingerprint density at radius 1 is 1.33 bits per heavy atom. The summed E-state index contributed by atoms with van der Waals surface area (Å²) < 4.78 is 1.08. The summed E-state index contributed by atoms with van der Waals surface area (Å²) in [5.74, 6) is -1.31. The van der Waals surface area contributed by atoms with Gasteiger partial charge in [-0.2, -0.15) is 0 Å². The van der Waals surface area contributed by atoms with Crippen LogP contribution in [0.4, 0.5) is 0 Å². The molecular formula is C15H11N2O3S-. The smallest absolute Gasteiger partial charge is 0.262 e. The van der Waals surface area contributed by atoms with Gasteiger partial charge in [0, 0.05) is 4.88 Å². The summed E-state index contributed by atoms with van der Waals surface area (Å²) in [5, 5.41) is 11.3. The number of rotatable bonds is 3. The van der Waals surface area contributed by atoms with Crippen molar-refractivity contribution in [2.75, 3.05) is 0 Å². The van der Waals surface area contributed by atoms with Crippen LogP contribution >= 0.6 is 11.3 Å². The molecule has 1 aromatic carbocycles. The number of benzene rings is 1. The molecule has 1 atom stereocenters. The first-order valence-electron chi connectivity index (χ1n) is 6.35. The van der Waals surface area contributed by atoms with Gasteiger partial charge in [-0.25, -0.2) is 4.98 Å². The summed E-state index contributed by atoms with van der Waals surface area (Å²) in [4.78, 5) is 29.0. The standard InChI is InChI=1S/C15H12N2O3S/c1-9(15(19)20)17-8-16-13-11(14(17)18)7-12(21-13)10-5-3-2-4-6-10/h2-9H,1H3,(H,19,20)/p-1/t9-/m1/s1. The lowest BCUT2D eigenvalue weighted by molar-refractivity contribution is -0.309. The second-order valence-electron chi connectivity index (χ2n) is 4.65. The molecule has 21 heavy (non-hydrogen) atoms. The second-order valence-corrected chi connectivity index (χ2v) is 5.68. The van der Waals surface area contributed by atoms with Crippen molar-refractivity contribution in [1.82, 2.24) is 9.55 Å². The van der Waals surface area contributed by atoms with Crippen molar-refractivity contribution in [3.05, 3.63) is 53.1 Å². The maximum Gasteiger partial charge on any atom is 0.262 e. The van der Waals surface area contributed by atoms with Gasteiger partial charge in [0.15, 0.2) is 0 Å². The minimum atomic E-state index is -1.31. The maximum atomic E-state index is 12.4. The lowest BCUT2D eigenvalue weighted by Crippen LogP contribution is -2.36. The van der Waals surface area contributed by atoms with Crippen molar-refractivity contribution >= 4 is 27.5 Å². The molecule has 3 rings (SSSR count). The Bertz CT molecular complexity index is 868. The zero-order valence-electron chi connectivity index (χ0n) is 11.1. The fourth-order valence-electron chi connectivity index (χ4n) is 2.07. The van der Waals surface area contributed by atoms with Crippen LogP contribution in [0.5, 0.6) is 0 Å². The number of carboxylic acids is 1.